The highest BCUT2D eigenvalue weighted by Gasteiger charge is 2.39. The third-order valence-electron chi connectivity index (χ3n) is 5.95. The number of esters is 1. The number of thiophene rings is 1. The molecule has 0 aromatic carbocycles. The lowest BCUT2D eigenvalue weighted by Crippen LogP contribution is -2.59. The summed E-state index contributed by atoms with van der Waals surface area (Å²) in [5.41, 5.74) is 1.58. The fourth-order valence-electron chi connectivity index (χ4n) is 4.42. The van der Waals surface area contributed by atoms with E-state index in [-0.39, 0.29) is 36.8 Å². The van der Waals surface area contributed by atoms with Crippen molar-refractivity contribution in [3.63, 3.8) is 0 Å². The second-order valence-corrected chi connectivity index (χ2v) is 10.7. The number of ether oxygens (including phenoxy) is 1. The zero-order valence-corrected chi connectivity index (χ0v) is 22.1. The van der Waals surface area contributed by atoms with E-state index in [1.54, 1.807) is 17.9 Å². The van der Waals surface area contributed by atoms with Crippen LogP contribution in [0.5, 0.6) is 0 Å². The molecule has 3 rings (SSSR count). The number of carbonyl (C=O) groups is 3. The molecule has 2 aliphatic rings. The molecule has 1 aromatic rings. The highest BCUT2D eigenvalue weighted by atomic mass is 32.1. The molecule has 10 heteroatoms. The Morgan fingerprint density at radius 3 is 2.66 bits per heavy atom. The average molecular weight is 504 g/mol. The maximum absolute atomic E-state index is 13.2. The van der Waals surface area contributed by atoms with Crippen LogP contribution in [0.3, 0.4) is 0 Å². The summed E-state index contributed by atoms with van der Waals surface area (Å²) in [5, 5.41) is 9.85. The Bertz CT molecular complexity index is 969. The molecule has 1 saturated heterocycles. The first kappa shape index (κ1) is 26.7. The Morgan fingerprint density at radius 1 is 1.34 bits per heavy atom. The van der Waals surface area contributed by atoms with Gasteiger partial charge in [-0.15, -0.1) is 6.58 Å². The van der Waals surface area contributed by atoms with E-state index in [2.05, 4.69) is 22.1 Å². The van der Waals surface area contributed by atoms with Gasteiger partial charge in [-0.3, -0.25) is 9.80 Å². The van der Waals surface area contributed by atoms with Crippen molar-refractivity contribution in [3.8, 4) is 0 Å². The van der Waals surface area contributed by atoms with Crippen LogP contribution in [-0.2, 0) is 9.53 Å². The Balaban J connectivity index is 1.91. The van der Waals surface area contributed by atoms with Crippen molar-refractivity contribution in [1.29, 1.82) is 0 Å². The van der Waals surface area contributed by atoms with Gasteiger partial charge in [-0.2, -0.15) is 11.3 Å². The number of amides is 4. The molecule has 1 aromatic heterocycles. The molecule has 35 heavy (non-hydrogen) atoms. The van der Waals surface area contributed by atoms with Gasteiger partial charge in [-0.1, -0.05) is 6.08 Å². The highest BCUT2D eigenvalue weighted by Crippen LogP contribution is 2.33. The van der Waals surface area contributed by atoms with Crippen molar-refractivity contribution in [2.75, 3.05) is 39.3 Å². The Labute approximate surface area is 211 Å². The summed E-state index contributed by atoms with van der Waals surface area (Å²) >= 11 is 1.51. The quantitative estimate of drug-likeness (QED) is 0.440. The zero-order chi connectivity index (χ0) is 25.8. The predicted molar refractivity (Wildman–Crippen MR) is 137 cm³/mol. The molecule has 2 N–H and O–H groups in total. The summed E-state index contributed by atoms with van der Waals surface area (Å²) in [6.45, 7) is 16.1. The minimum absolute atomic E-state index is 0.0318. The number of hydrogen-bond acceptors (Lipinski definition) is 6. The number of urea groups is 2. The van der Waals surface area contributed by atoms with Gasteiger partial charge in [-0.05, 0) is 57.0 Å². The van der Waals surface area contributed by atoms with Crippen LogP contribution in [0.15, 0.2) is 40.8 Å². The molecule has 0 aliphatic carbocycles. The van der Waals surface area contributed by atoms with Gasteiger partial charge in [-0.25, -0.2) is 14.4 Å². The lowest BCUT2D eigenvalue weighted by atomic mass is 9.95. The van der Waals surface area contributed by atoms with Crippen LogP contribution in [-0.4, -0.2) is 83.6 Å². The second kappa shape index (κ2) is 11.3. The SMILES string of the molecule is C=CCN1C(=O)N[C@H](c2ccsc2)C(C(=O)OCC)=C1CN1CCN(C(=O)NC(C)(C)C)[C@H](C)C1. The molecule has 192 valence electrons. The van der Waals surface area contributed by atoms with Gasteiger partial charge >= 0.3 is 18.0 Å². The molecule has 0 bridgehead atoms. The van der Waals surface area contributed by atoms with E-state index in [1.807, 2.05) is 49.4 Å². The van der Waals surface area contributed by atoms with Crippen LogP contribution in [0, 0.1) is 0 Å². The van der Waals surface area contributed by atoms with E-state index >= 15 is 0 Å². The number of carbonyl (C=O) groups excluding carboxylic acids is 3. The maximum atomic E-state index is 13.2. The van der Waals surface area contributed by atoms with Gasteiger partial charge in [0.05, 0.1) is 18.2 Å². The fourth-order valence-corrected chi connectivity index (χ4v) is 5.10. The first-order chi connectivity index (χ1) is 16.6. The molecule has 0 radical (unpaired) electrons. The largest absolute Gasteiger partial charge is 0.463 e. The summed E-state index contributed by atoms with van der Waals surface area (Å²) in [6, 6.07) is 0.930. The molecule has 0 unspecified atom stereocenters. The second-order valence-electron chi connectivity index (χ2n) is 9.88. The minimum Gasteiger partial charge on any atom is -0.463 e. The third kappa shape index (κ3) is 6.43. The monoisotopic (exact) mass is 503 g/mol. The predicted octanol–water partition coefficient (Wildman–Crippen LogP) is 3.33. The van der Waals surface area contributed by atoms with Gasteiger partial charge in [0.15, 0.2) is 0 Å². The standard InChI is InChI=1S/C25H37N5O4S/c1-7-10-30-19(15-28-11-12-29(17(3)14-28)24(33)27-25(4,5)6)20(22(31)34-8-2)21(26-23(30)32)18-9-13-35-16-18/h7,9,13,16-17,21H,1,8,10-12,14-15H2,2-6H3,(H,26,32)(H,27,33)/t17-,21-/m1/s1. The van der Waals surface area contributed by atoms with Crippen molar-refractivity contribution >= 4 is 29.4 Å². The number of nitrogens with zero attached hydrogens (tertiary/aromatic N) is 3. The summed E-state index contributed by atoms with van der Waals surface area (Å²) in [6.07, 6.45) is 1.64. The van der Waals surface area contributed by atoms with Crippen LogP contribution < -0.4 is 10.6 Å². The average Bonchev–Trinajstić information content (AvgIpc) is 3.29. The number of rotatable bonds is 7. The van der Waals surface area contributed by atoms with Crippen LogP contribution in [0.4, 0.5) is 9.59 Å². The molecular formula is C25H37N5O4S. The molecule has 4 amide bonds. The van der Waals surface area contributed by atoms with Gasteiger partial charge in [0, 0.05) is 50.0 Å². The van der Waals surface area contributed by atoms with Crippen LogP contribution >= 0.6 is 11.3 Å². The normalized spacial score (nSPS) is 21.6. The van der Waals surface area contributed by atoms with Crippen molar-refractivity contribution in [3.05, 3.63) is 46.3 Å². The van der Waals surface area contributed by atoms with E-state index < -0.39 is 12.0 Å². The number of piperazine rings is 1. The van der Waals surface area contributed by atoms with Crippen LogP contribution in [0.25, 0.3) is 0 Å². The third-order valence-corrected chi connectivity index (χ3v) is 6.65. The first-order valence-corrected chi connectivity index (χ1v) is 12.9. The molecule has 2 atom stereocenters. The molecule has 3 heterocycles. The summed E-state index contributed by atoms with van der Waals surface area (Å²) in [5.74, 6) is -0.441. The van der Waals surface area contributed by atoms with Crippen LogP contribution in [0.1, 0.15) is 46.2 Å². The minimum atomic E-state index is -0.583. The lowest BCUT2D eigenvalue weighted by molar-refractivity contribution is -0.139. The van der Waals surface area contributed by atoms with Crippen molar-refractivity contribution in [1.82, 2.24) is 25.3 Å². The summed E-state index contributed by atoms with van der Waals surface area (Å²) in [4.78, 5) is 44.6. The van der Waals surface area contributed by atoms with E-state index in [9.17, 15) is 14.4 Å². The van der Waals surface area contributed by atoms with Gasteiger partial charge in [0.2, 0.25) is 0 Å². The summed E-state index contributed by atoms with van der Waals surface area (Å²) in [7, 11) is 0. The topological polar surface area (TPSA) is 94.2 Å². The molecule has 0 spiro atoms. The highest BCUT2D eigenvalue weighted by molar-refractivity contribution is 7.08. The molecular weight excluding hydrogens is 466 g/mol. The first-order valence-electron chi connectivity index (χ1n) is 12.0. The van der Waals surface area contributed by atoms with Crippen LogP contribution in [0.2, 0.25) is 0 Å². The Kier molecular flexibility index (Phi) is 8.60. The van der Waals surface area contributed by atoms with Crippen molar-refractivity contribution in [2.24, 2.45) is 0 Å². The molecule has 9 nitrogen and oxygen atoms in total. The van der Waals surface area contributed by atoms with E-state index in [4.69, 9.17) is 4.74 Å². The van der Waals surface area contributed by atoms with Crippen molar-refractivity contribution < 1.29 is 19.1 Å². The molecule has 0 saturated carbocycles. The fraction of sp³-hybridized carbons (Fsp3) is 0.560. The lowest BCUT2D eigenvalue weighted by Gasteiger charge is -2.43. The van der Waals surface area contributed by atoms with E-state index in [0.29, 0.717) is 37.4 Å². The molecule has 1 fully saturated rings. The smallest absolute Gasteiger partial charge is 0.338 e. The van der Waals surface area contributed by atoms with E-state index in [1.165, 1.54) is 11.3 Å². The van der Waals surface area contributed by atoms with Gasteiger partial charge in [0.25, 0.3) is 0 Å². The zero-order valence-electron chi connectivity index (χ0n) is 21.3. The summed E-state index contributed by atoms with van der Waals surface area (Å²) < 4.78 is 5.43. The van der Waals surface area contributed by atoms with E-state index in [0.717, 1.165) is 5.56 Å². The number of hydrogen-bond donors (Lipinski definition) is 2. The maximum Gasteiger partial charge on any atom is 0.338 e. The Hall–Kier alpha value is -2.85. The van der Waals surface area contributed by atoms with Crippen molar-refractivity contribution in [2.45, 2.75) is 52.2 Å². The van der Waals surface area contributed by atoms with Gasteiger partial charge in [0.1, 0.15) is 0 Å². The number of nitrogens with one attached hydrogen (secondary N) is 2. The molecule has 2 aliphatic heterocycles. The van der Waals surface area contributed by atoms with Gasteiger partial charge < -0.3 is 20.3 Å². The Morgan fingerprint density at radius 2 is 2.09 bits per heavy atom.